The number of para-hydroxylation sites is 1. The van der Waals surface area contributed by atoms with Gasteiger partial charge in [0, 0.05) is 6.04 Å². The number of ether oxygens (including phenoxy) is 2. The zero-order valence-electron chi connectivity index (χ0n) is 12.1. The summed E-state index contributed by atoms with van der Waals surface area (Å²) in [5.41, 5.74) is 0. The number of hydrogen-bond acceptors (Lipinski definition) is 3. The van der Waals surface area contributed by atoms with Crippen LogP contribution in [0.3, 0.4) is 0 Å². The minimum absolute atomic E-state index is 0.485. The van der Waals surface area contributed by atoms with Crippen molar-refractivity contribution in [3.05, 3.63) is 54.6 Å². The maximum atomic E-state index is 5.83. The third-order valence-electron chi connectivity index (χ3n) is 3.67. The molecule has 3 nitrogen and oxygen atoms in total. The summed E-state index contributed by atoms with van der Waals surface area (Å²) < 4.78 is 11.6. The number of piperidine rings is 1. The molecule has 0 aliphatic carbocycles. The van der Waals surface area contributed by atoms with Gasteiger partial charge < -0.3 is 14.8 Å². The predicted octanol–water partition coefficient (Wildman–Crippen LogP) is 4.00. The van der Waals surface area contributed by atoms with Crippen molar-refractivity contribution in [3.63, 3.8) is 0 Å². The van der Waals surface area contributed by atoms with Gasteiger partial charge in [-0.25, -0.2) is 0 Å². The molecule has 0 spiro atoms. The maximum Gasteiger partial charge on any atom is 0.127 e. The third kappa shape index (κ3) is 4.23. The second-order valence-electron chi connectivity index (χ2n) is 5.34. The monoisotopic (exact) mass is 283 g/mol. The fourth-order valence-corrected chi connectivity index (χ4v) is 2.49. The molecule has 3 rings (SSSR count). The van der Waals surface area contributed by atoms with Crippen molar-refractivity contribution in [1.29, 1.82) is 0 Å². The van der Waals surface area contributed by atoms with Gasteiger partial charge in [0.05, 0.1) is 0 Å². The lowest BCUT2D eigenvalue weighted by atomic mass is 10.1. The lowest BCUT2D eigenvalue weighted by molar-refractivity contribution is 0.239. The Morgan fingerprint density at radius 3 is 2.29 bits per heavy atom. The summed E-state index contributed by atoms with van der Waals surface area (Å²) in [6.07, 6.45) is 3.78. The highest BCUT2D eigenvalue weighted by molar-refractivity contribution is 5.35. The summed E-state index contributed by atoms with van der Waals surface area (Å²) in [7, 11) is 0. The first-order chi connectivity index (χ1) is 10.4. The average molecular weight is 283 g/mol. The van der Waals surface area contributed by atoms with Crippen LogP contribution in [0.25, 0.3) is 0 Å². The van der Waals surface area contributed by atoms with Crippen molar-refractivity contribution in [1.82, 2.24) is 5.32 Å². The Balaban J connectivity index is 1.51. The molecule has 2 aromatic carbocycles. The van der Waals surface area contributed by atoms with E-state index in [1.54, 1.807) is 0 Å². The first kappa shape index (κ1) is 14.0. The van der Waals surface area contributed by atoms with Gasteiger partial charge >= 0.3 is 0 Å². The van der Waals surface area contributed by atoms with Crippen molar-refractivity contribution in [2.45, 2.75) is 25.3 Å². The van der Waals surface area contributed by atoms with Crippen LogP contribution in [0.4, 0.5) is 0 Å². The van der Waals surface area contributed by atoms with E-state index in [1.165, 1.54) is 19.3 Å². The van der Waals surface area contributed by atoms with Gasteiger partial charge in [0.25, 0.3) is 0 Å². The van der Waals surface area contributed by atoms with E-state index in [0.717, 1.165) is 30.4 Å². The minimum atomic E-state index is 0.485. The zero-order valence-corrected chi connectivity index (χ0v) is 12.1. The zero-order chi connectivity index (χ0) is 14.3. The van der Waals surface area contributed by atoms with Crippen LogP contribution >= 0.6 is 0 Å². The number of rotatable bonds is 5. The molecule has 1 saturated heterocycles. The number of nitrogens with one attached hydrogen (secondary N) is 1. The summed E-state index contributed by atoms with van der Waals surface area (Å²) in [6.45, 7) is 1.84. The van der Waals surface area contributed by atoms with Gasteiger partial charge in [-0.3, -0.25) is 0 Å². The standard InChI is InChI=1S/C18H21NO2/c1-2-7-17(8-3-1)21-18-11-9-16(10-12-18)20-14-15-6-4-5-13-19-15/h1-3,7-12,15,19H,4-6,13-14H2. The van der Waals surface area contributed by atoms with Gasteiger partial charge in [0.15, 0.2) is 0 Å². The Labute approximate surface area is 125 Å². The Morgan fingerprint density at radius 1 is 0.857 bits per heavy atom. The topological polar surface area (TPSA) is 30.5 Å². The van der Waals surface area contributed by atoms with Crippen molar-refractivity contribution in [3.8, 4) is 17.2 Å². The molecule has 0 amide bonds. The van der Waals surface area contributed by atoms with E-state index in [2.05, 4.69) is 5.32 Å². The highest BCUT2D eigenvalue weighted by Gasteiger charge is 2.12. The molecule has 110 valence electrons. The van der Waals surface area contributed by atoms with E-state index in [1.807, 2.05) is 54.6 Å². The Morgan fingerprint density at radius 2 is 1.57 bits per heavy atom. The SMILES string of the molecule is c1ccc(Oc2ccc(OCC3CCCCN3)cc2)cc1. The van der Waals surface area contributed by atoms with E-state index in [4.69, 9.17) is 9.47 Å². The van der Waals surface area contributed by atoms with Gasteiger partial charge in [0.2, 0.25) is 0 Å². The highest BCUT2D eigenvalue weighted by Crippen LogP contribution is 2.23. The molecule has 2 aromatic rings. The molecule has 0 aromatic heterocycles. The van der Waals surface area contributed by atoms with Crippen molar-refractivity contribution >= 4 is 0 Å². The lowest BCUT2D eigenvalue weighted by Crippen LogP contribution is -2.38. The van der Waals surface area contributed by atoms with Crippen LogP contribution in [0.5, 0.6) is 17.2 Å². The molecule has 1 atom stereocenters. The average Bonchev–Trinajstić information content (AvgIpc) is 2.56. The Kier molecular flexibility index (Phi) is 4.74. The molecule has 1 unspecified atom stereocenters. The lowest BCUT2D eigenvalue weighted by Gasteiger charge is -2.23. The summed E-state index contributed by atoms with van der Waals surface area (Å²) in [4.78, 5) is 0. The molecule has 1 heterocycles. The quantitative estimate of drug-likeness (QED) is 0.899. The molecule has 21 heavy (non-hydrogen) atoms. The van der Waals surface area contributed by atoms with E-state index < -0.39 is 0 Å². The first-order valence-corrected chi connectivity index (χ1v) is 7.59. The van der Waals surface area contributed by atoms with E-state index in [0.29, 0.717) is 6.04 Å². The van der Waals surface area contributed by atoms with Crippen LogP contribution in [0.2, 0.25) is 0 Å². The van der Waals surface area contributed by atoms with Crippen LogP contribution in [-0.2, 0) is 0 Å². The molecule has 1 N–H and O–H groups in total. The third-order valence-corrected chi connectivity index (χ3v) is 3.67. The normalized spacial score (nSPS) is 18.2. The molecule has 1 fully saturated rings. The van der Waals surface area contributed by atoms with Crippen LogP contribution in [0.1, 0.15) is 19.3 Å². The Hall–Kier alpha value is -2.00. The van der Waals surface area contributed by atoms with Crippen LogP contribution in [-0.4, -0.2) is 19.2 Å². The van der Waals surface area contributed by atoms with Gasteiger partial charge in [-0.05, 0) is 55.8 Å². The van der Waals surface area contributed by atoms with Gasteiger partial charge in [-0.1, -0.05) is 24.6 Å². The molecule has 0 radical (unpaired) electrons. The minimum Gasteiger partial charge on any atom is -0.492 e. The second-order valence-corrected chi connectivity index (χ2v) is 5.34. The molecular formula is C18H21NO2. The van der Waals surface area contributed by atoms with Crippen molar-refractivity contribution < 1.29 is 9.47 Å². The largest absolute Gasteiger partial charge is 0.492 e. The van der Waals surface area contributed by atoms with Crippen LogP contribution in [0.15, 0.2) is 54.6 Å². The summed E-state index contributed by atoms with van der Waals surface area (Å²) >= 11 is 0. The molecular weight excluding hydrogens is 262 g/mol. The first-order valence-electron chi connectivity index (χ1n) is 7.59. The summed E-state index contributed by atoms with van der Waals surface area (Å²) in [6, 6.07) is 18.1. The van der Waals surface area contributed by atoms with Crippen LogP contribution in [0, 0.1) is 0 Å². The van der Waals surface area contributed by atoms with Gasteiger partial charge in [-0.15, -0.1) is 0 Å². The van der Waals surface area contributed by atoms with E-state index >= 15 is 0 Å². The van der Waals surface area contributed by atoms with E-state index in [9.17, 15) is 0 Å². The summed E-state index contributed by atoms with van der Waals surface area (Å²) in [5, 5.41) is 3.48. The molecule has 1 aliphatic heterocycles. The molecule has 1 aliphatic rings. The smallest absolute Gasteiger partial charge is 0.127 e. The fourth-order valence-electron chi connectivity index (χ4n) is 2.49. The van der Waals surface area contributed by atoms with Crippen molar-refractivity contribution in [2.75, 3.05) is 13.2 Å². The Bertz CT molecular complexity index is 533. The molecule has 0 bridgehead atoms. The predicted molar refractivity (Wildman–Crippen MR) is 84.1 cm³/mol. The van der Waals surface area contributed by atoms with Crippen LogP contribution < -0.4 is 14.8 Å². The maximum absolute atomic E-state index is 5.83. The number of benzene rings is 2. The number of hydrogen-bond donors (Lipinski definition) is 1. The highest BCUT2D eigenvalue weighted by atomic mass is 16.5. The van der Waals surface area contributed by atoms with Crippen molar-refractivity contribution in [2.24, 2.45) is 0 Å². The van der Waals surface area contributed by atoms with Gasteiger partial charge in [0.1, 0.15) is 23.9 Å². The fraction of sp³-hybridized carbons (Fsp3) is 0.333. The molecule has 0 saturated carbocycles. The van der Waals surface area contributed by atoms with E-state index in [-0.39, 0.29) is 0 Å². The molecule has 3 heteroatoms. The summed E-state index contributed by atoms with van der Waals surface area (Å²) in [5.74, 6) is 2.56. The second kappa shape index (κ2) is 7.14. The van der Waals surface area contributed by atoms with Gasteiger partial charge in [-0.2, -0.15) is 0 Å².